The third-order valence-corrected chi connectivity index (χ3v) is 6.65. The maximum Gasteiger partial charge on any atom is 0.257 e. The minimum Gasteiger partial charge on any atom is -0.493 e. The second-order valence-corrected chi connectivity index (χ2v) is 9.20. The highest BCUT2D eigenvalue weighted by molar-refractivity contribution is 6.15. The Hall–Kier alpha value is -3.39. The van der Waals surface area contributed by atoms with Gasteiger partial charge in [0.2, 0.25) is 0 Å². The van der Waals surface area contributed by atoms with Gasteiger partial charge in [-0.15, -0.1) is 0 Å². The molecular formula is C27H35N5O3. The lowest BCUT2D eigenvalue weighted by atomic mass is 9.79. The van der Waals surface area contributed by atoms with Crippen LogP contribution in [0.4, 0.5) is 0 Å². The number of ether oxygens (including phenoxy) is 2. The number of hydrogen-bond acceptors (Lipinski definition) is 6. The number of nitrogens with one attached hydrogen (secondary N) is 1. The second kappa shape index (κ2) is 10.5. The summed E-state index contributed by atoms with van der Waals surface area (Å²) in [5.74, 6) is 2.08. The van der Waals surface area contributed by atoms with Gasteiger partial charge in [-0.05, 0) is 56.8 Å². The average Bonchev–Trinajstić information content (AvgIpc) is 2.86. The first-order chi connectivity index (χ1) is 16.9. The monoisotopic (exact) mass is 477 g/mol. The van der Waals surface area contributed by atoms with E-state index < -0.39 is 0 Å². The van der Waals surface area contributed by atoms with Crippen LogP contribution >= 0.6 is 0 Å². The number of aliphatic imine (C=N–C) groups is 2. The zero-order valence-corrected chi connectivity index (χ0v) is 21.5. The number of likely N-dealkylation sites (N-methyl/N-ethyl adjacent to an activating group) is 1. The van der Waals surface area contributed by atoms with Gasteiger partial charge in [0.15, 0.2) is 17.5 Å². The normalized spacial score (nSPS) is 19.8. The summed E-state index contributed by atoms with van der Waals surface area (Å²) in [6, 6.07) is 12.0. The molecule has 2 aromatic carbocycles. The van der Waals surface area contributed by atoms with Crippen molar-refractivity contribution in [3.05, 3.63) is 58.7 Å². The number of carbonyl (C=O) groups is 1. The van der Waals surface area contributed by atoms with Gasteiger partial charge in [-0.3, -0.25) is 20.1 Å². The molecule has 8 nitrogen and oxygen atoms in total. The van der Waals surface area contributed by atoms with Crippen molar-refractivity contribution in [3.63, 3.8) is 0 Å². The first-order valence-electron chi connectivity index (χ1n) is 12.0. The Labute approximate surface area is 207 Å². The maximum absolute atomic E-state index is 12.7. The summed E-state index contributed by atoms with van der Waals surface area (Å²) in [7, 11) is 9.16. The first-order valence-corrected chi connectivity index (χ1v) is 12.0. The van der Waals surface area contributed by atoms with Crippen molar-refractivity contribution in [2.75, 3.05) is 55.0 Å². The predicted octanol–water partition coefficient (Wildman–Crippen LogP) is 3.01. The molecular weight excluding hydrogens is 442 g/mol. The summed E-state index contributed by atoms with van der Waals surface area (Å²) in [4.78, 5) is 26.2. The largest absolute Gasteiger partial charge is 0.493 e. The molecule has 0 unspecified atom stereocenters. The number of nitrogens with zero attached hydrogens (tertiary/aromatic N) is 4. The fraction of sp³-hybridized carbons (Fsp3) is 0.444. The van der Waals surface area contributed by atoms with E-state index in [9.17, 15) is 4.79 Å². The number of likely N-dealkylation sites (tertiary alicyclic amines) is 1. The Morgan fingerprint density at radius 1 is 1.23 bits per heavy atom. The van der Waals surface area contributed by atoms with Crippen LogP contribution in [-0.4, -0.2) is 88.4 Å². The topological polar surface area (TPSA) is 78.8 Å². The van der Waals surface area contributed by atoms with Crippen molar-refractivity contribution in [3.8, 4) is 11.5 Å². The van der Waals surface area contributed by atoms with Crippen LogP contribution in [0.2, 0.25) is 0 Å². The van der Waals surface area contributed by atoms with E-state index in [0.29, 0.717) is 29.8 Å². The molecule has 0 radical (unpaired) electrons. The molecule has 2 aliphatic rings. The number of guanidine groups is 1. The SMILES string of the molecule is CCOc1cc2c(cc1OC)C(c1ccc(C(=O)N/C(=N/C)N(C)C)cc1)=N[C@@H]1CCN(C)C[C@H]21. The van der Waals surface area contributed by atoms with Crippen molar-refractivity contribution in [2.45, 2.75) is 25.3 Å². The number of piperidine rings is 1. The van der Waals surface area contributed by atoms with Crippen molar-refractivity contribution < 1.29 is 14.3 Å². The molecule has 2 aliphatic heterocycles. The van der Waals surface area contributed by atoms with E-state index in [2.05, 4.69) is 28.3 Å². The third-order valence-electron chi connectivity index (χ3n) is 6.65. The summed E-state index contributed by atoms with van der Waals surface area (Å²) in [5, 5.41) is 2.84. The molecule has 0 spiro atoms. The van der Waals surface area contributed by atoms with Crippen molar-refractivity contribution in [1.29, 1.82) is 0 Å². The highest BCUT2D eigenvalue weighted by Gasteiger charge is 2.36. The number of fused-ring (bicyclic) bond motifs is 3. The third kappa shape index (κ3) is 5.03. The van der Waals surface area contributed by atoms with Crippen molar-refractivity contribution >= 4 is 17.6 Å². The molecule has 8 heteroatoms. The van der Waals surface area contributed by atoms with E-state index in [0.717, 1.165) is 42.1 Å². The van der Waals surface area contributed by atoms with E-state index in [1.165, 1.54) is 5.56 Å². The molecule has 0 saturated carbocycles. The molecule has 1 saturated heterocycles. The van der Waals surface area contributed by atoms with Gasteiger partial charge in [0, 0.05) is 50.3 Å². The molecule has 0 aliphatic carbocycles. The van der Waals surface area contributed by atoms with Crippen LogP contribution in [0.3, 0.4) is 0 Å². The fourth-order valence-corrected chi connectivity index (χ4v) is 4.86. The van der Waals surface area contributed by atoms with Gasteiger partial charge in [-0.2, -0.15) is 0 Å². The van der Waals surface area contributed by atoms with Crippen LogP contribution < -0.4 is 14.8 Å². The van der Waals surface area contributed by atoms with Crippen molar-refractivity contribution in [1.82, 2.24) is 15.1 Å². The van der Waals surface area contributed by atoms with Crippen LogP contribution in [0.1, 0.15) is 46.3 Å². The van der Waals surface area contributed by atoms with Crippen LogP contribution in [-0.2, 0) is 0 Å². The smallest absolute Gasteiger partial charge is 0.257 e. The minimum atomic E-state index is -0.199. The van der Waals surface area contributed by atoms with Gasteiger partial charge in [0.1, 0.15) is 0 Å². The average molecular weight is 478 g/mol. The molecule has 186 valence electrons. The number of methoxy groups -OCH3 is 1. The Bertz CT molecular complexity index is 1140. The fourth-order valence-electron chi connectivity index (χ4n) is 4.86. The summed E-state index contributed by atoms with van der Waals surface area (Å²) >= 11 is 0. The lowest BCUT2D eigenvalue weighted by molar-refractivity contribution is 0.0973. The van der Waals surface area contributed by atoms with E-state index >= 15 is 0 Å². The molecule has 1 amide bonds. The Balaban J connectivity index is 1.71. The quantitative estimate of drug-likeness (QED) is 0.529. The lowest BCUT2D eigenvalue weighted by Crippen LogP contribution is -2.42. The molecule has 35 heavy (non-hydrogen) atoms. The summed E-state index contributed by atoms with van der Waals surface area (Å²) in [6.07, 6.45) is 1.00. The molecule has 1 fully saturated rings. The maximum atomic E-state index is 12.7. The van der Waals surface area contributed by atoms with Gasteiger partial charge in [-0.25, -0.2) is 0 Å². The van der Waals surface area contributed by atoms with E-state index in [4.69, 9.17) is 14.5 Å². The summed E-state index contributed by atoms with van der Waals surface area (Å²) < 4.78 is 11.6. The van der Waals surface area contributed by atoms with Crippen molar-refractivity contribution in [2.24, 2.45) is 9.98 Å². The van der Waals surface area contributed by atoms with E-state index in [-0.39, 0.29) is 11.9 Å². The predicted molar refractivity (Wildman–Crippen MR) is 139 cm³/mol. The molecule has 2 atom stereocenters. The number of hydrogen-bond donors (Lipinski definition) is 1. The highest BCUT2D eigenvalue weighted by atomic mass is 16.5. The zero-order valence-electron chi connectivity index (χ0n) is 21.5. The molecule has 1 N–H and O–H groups in total. The number of amides is 1. The molecule has 0 bridgehead atoms. The first kappa shape index (κ1) is 24.7. The Morgan fingerprint density at radius 3 is 2.60 bits per heavy atom. The minimum absolute atomic E-state index is 0.199. The molecule has 0 aromatic heterocycles. The summed E-state index contributed by atoms with van der Waals surface area (Å²) in [5.41, 5.74) is 4.78. The van der Waals surface area contributed by atoms with Gasteiger partial charge >= 0.3 is 0 Å². The van der Waals surface area contributed by atoms with Crippen LogP contribution in [0.15, 0.2) is 46.4 Å². The van der Waals surface area contributed by atoms with Gasteiger partial charge < -0.3 is 19.3 Å². The summed E-state index contributed by atoms with van der Waals surface area (Å²) in [6.45, 7) is 4.53. The molecule has 2 heterocycles. The lowest BCUT2D eigenvalue weighted by Gasteiger charge is -2.39. The van der Waals surface area contributed by atoms with Gasteiger partial charge in [0.05, 0.1) is 25.5 Å². The Kier molecular flexibility index (Phi) is 7.40. The Morgan fingerprint density at radius 2 is 1.97 bits per heavy atom. The molecule has 4 rings (SSSR count). The van der Waals surface area contributed by atoms with Gasteiger partial charge in [-0.1, -0.05) is 12.1 Å². The molecule has 2 aromatic rings. The zero-order chi connectivity index (χ0) is 25.1. The highest BCUT2D eigenvalue weighted by Crippen LogP contribution is 2.42. The number of rotatable bonds is 5. The van der Waals surface area contributed by atoms with Crippen LogP contribution in [0, 0.1) is 0 Å². The van der Waals surface area contributed by atoms with E-state index in [1.54, 1.807) is 19.1 Å². The van der Waals surface area contributed by atoms with E-state index in [1.807, 2.05) is 51.4 Å². The standard InChI is InChI=1S/C27H35N5O3/c1-7-35-24-14-19-20(15-23(24)34-6)25(29-22-12-13-32(5)16-21(19)22)17-8-10-18(11-9-17)26(33)30-27(28-2)31(3)4/h8-11,14-15,21-22H,7,12-13,16H2,1-6H3,(H,28,30,33)/t21-,22-/m1/s1. The second-order valence-electron chi connectivity index (χ2n) is 9.20. The van der Waals surface area contributed by atoms with Gasteiger partial charge in [0.25, 0.3) is 5.91 Å². The number of carbonyl (C=O) groups excluding carboxylic acids is 1. The van der Waals surface area contributed by atoms with Crippen LogP contribution in [0.5, 0.6) is 11.5 Å². The number of benzene rings is 2. The van der Waals surface area contributed by atoms with Crippen LogP contribution in [0.25, 0.3) is 0 Å².